The summed E-state index contributed by atoms with van der Waals surface area (Å²) in [6.45, 7) is 17.7. The van der Waals surface area contributed by atoms with Gasteiger partial charge in [-0.2, -0.15) is 0 Å². The van der Waals surface area contributed by atoms with Crippen LogP contribution in [0.25, 0.3) is 0 Å². The molecule has 0 bridgehead atoms. The van der Waals surface area contributed by atoms with Gasteiger partial charge in [-0.3, -0.25) is 28.8 Å². The highest BCUT2D eigenvalue weighted by molar-refractivity contribution is 7.91. The molecule has 6 aromatic rings. The summed E-state index contributed by atoms with van der Waals surface area (Å²) < 4.78 is 114. The van der Waals surface area contributed by atoms with Crippen molar-refractivity contribution in [1.29, 1.82) is 0 Å². The third-order valence-corrected chi connectivity index (χ3v) is 29.0. The second kappa shape index (κ2) is 55.6. The Morgan fingerprint density at radius 2 is 0.770 bits per heavy atom. The van der Waals surface area contributed by atoms with Crippen LogP contribution < -0.4 is 15.8 Å². The molecule has 5 aliphatic rings. The molecule has 44 heteroatoms. The Balaban J connectivity index is 0.000000288. The van der Waals surface area contributed by atoms with Crippen LogP contribution in [0.5, 0.6) is 0 Å². The smallest absolute Gasteiger partial charge is 0.364 e. The first-order chi connectivity index (χ1) is 64.2. The SMILES string of the molecule is CCN(CC)CC.CN1Cc2c(Cl)cc(Cl)cc2C(c2cccc(S(=O)(=O)CCCOCCOCCN)c2)C1.CN1Cc2c(Cl)cc(Cl)cc2C(c2cccc(S(=O)(=O)CCCOCCOCCNC(=O)C(O)C(O)C(=O)CCCOCCOCCNS(=O)(=O)c3cccc(C4CN(C)Cc5c(Cl)cc(Cl)cc54)c3)c2)C1.O=C(ON1C(=O)CCC1=O)C(O)C(O)C(=O)ON1C(=O)CCC1=O. The molecule has 0 spiro atoms. The number of nitrogens with one attached hydrogen (secondary N) is 2. The molecular formula is C91H119Cl6N9O26S3. The first kappa shape index (κ1) is 113. The third-order valence-electron chi connectivity index (χ3n) is 22.3. The van der Waals surface area contributed by atoms with Crippen molar-refractivity contribution in [2.45, 2.75) is 149 Å². The number of nitrogens with two attached hydrogens (primary N) is 1. The quantitative estimate of drug-likeness (QED) is 0.0141. The number of imide groups is 2. The van der Waals surface area contributed by atoms with Crippen LogP contribution in [0.3, 0.4) is 0 Å². The number of amides is 5. The molecule has 5 amide bonds. The van der Waals surface area contributed by atoms with E-state index >= 15 is 0 Å². The summed E-state index contributed by atoms with van der Waals surface area (Å²) in [7, 11) is -4.85. The van der Waals surface area contributed by atoms with Gasteiger partial charge in [0.25, 0.3) is 29.5 Å². The molecule has 5 heterocycles. The molecule has 35 nitrogen and oxygen atoms in total. The van der Waals surface area contributed by atoms with E-state index in [0.717, 1.165) is 63.2 Å². The Labute approximate surface area is 817 Å². The van der Waals surface area contributed by atoms with Crippen molar-refractivity contribution >= 4 is 147 Å². The van der Waals surface area contributed by atoms with Crippen LogP contribution in [0.2, 0.25) is 30.1 Å². The van der Waals surface area contributed by atoms with Gasteiger partial charge < -0.3 is 89.2 Å². The molecule has 8 N–H and O–H groups in total. The number of sulfone groups is 2. The number of sulfonamides is 1. The third kappa shape index (κ3) is 34.3. The van der Waals surface area contributed by atoms with Gasteiger partial charge in [0.2, 0.25) is 10.0 Å². The Morgan fingerprint density at radius 3 is 1.13 bits per heavy atom. The number of benzene rings is 6. The zero-order chi connectivity index (χ0) is 98.9. The number of hydroxylamine groups is 4. The number of ether oxygens (including phenoxy) is 6. The maximum Gasteiger partial charge on any atom is 0.364 e. The largest absolute Gasteiger partial charge is 0.382 e. The predicted molar refractivity (Wildman–Crippen MR) is 505 cm³/mol. The number of aliphatic hydroxyl groups is 4. The Morgan fingerprint density at radius 1 is 0.437 bits per heavy atom. The van der Waals surface area contributed by atoms with E-state index in [4.69, 9.17) is 104 Å². The fourth-order valence-corrected chi connectivity index (χ4v) is 20.6. The van der Waals surface area contributed by atoms with Crippen molar-refractivity contribution in [2.24, 2.45) is 5.73 Å². The average molecular weight is 2060 g/mol. The van der Waals surface area contributed by atoms with Gasteiger partial charge in [-0.25, -0.2) is 39.6 Å². The van der Waals surface area contributed by atoms with Crippen molar-refractivity contribution in [2.75, 3.05) is 171 Å². The summed E-state index contributed by atoms with van der Waals surface area (Å²) in [6.07, 6.45) is -8.92. The van der Waals surface area contributed by atoms with E-state index in [9.17, 15) is 84.0 Å². The van der Waals surface area contributed by atoms with Crippen molar-refractivity contribution in [3.05, 3.63) is 189 Å². The van der Waals surface area contributed by atoms with Crippen LogP contribution in [-0.2, 0) is 126 Å². The van der Waals surface area contributed by atoms with E-state index in [1.54, 1.807) is 66.7 Å². The van der Waals surface area contributed by atoms with Gasteiger partial charge in [0.15, 0.2) is 43.8 Å². The molecule has 2 fully saturated rings. The molecule has 2 saturated heterocycles. The van der Waals surface area contributed by atoms with Gasteiger partial charge in [0.1, 0.15) is 6.10 Å². The lowest BCUT2D eigenvalue weighted by atomic mass is 9.85. The molecule has 6 aromatic carbocycles. The number of likely N-dealkylation sites (N-methyl/N-ethyl adjacent to an activating group) is 3. The van der Waals surface area contributed by atoms with Crippen LogP contribution in [0.4, 0.5) is 0 Å². The topological polar surface area (TPSA) is 463 Å². The molecule has 0 aliphatic carbocycles. The lowest BCUT2D eigenvalue weighted by Crippen LogP contribution is -2.47. The van der Waals surface area contributed by atoms with Crippen molar-refractivity contribution in [3.8, 4) is 0 Å². The Kier molecular flexibility index (Phi) is 46.5. The van der Waals surface area contributed by atoms with Crippen LogP contribution in [0.1, 0.15) is 140 Å². The van der Waals surface area contributed by atoms with E-state index in [1.165, 1.54) is 25.7 Å². The summed E-state index contributed by atoms with van der Waals surface area (Å²) in [5, 5.41) is 45.6. The van der Waals surface area contributed by atoms with Gasteiger partial charge in [-0.1, -0.05) is 127 Å². The number of ketones is 1. The number of aliphatic hydroxyl groups excluding tert-OH is 4. The lowest BCUT2D eigenvalue weighted by Gasteiger charge is -2.33. The number of Topliss-reactive ketones (excluding diaryl/α,β-unsaturated/α-hetero) is 1. The first-order valence-corrected chi connectivity index (χ1v) is 51.1. The Hall–Kier alpha value is -7.37. The zero-order valence-corrected chi connectivity index (χ0v) is 83.0. The minimum atomic E-state index is -3.84. The maximum atomic E-state index is 13.3. The van der Waals surface area contributed by atoms with E-state index in [2.05, 4.69) is 60.1 Å². The second-order valence-corrected chi connectivity index (χ2v) is 40.8. The van der Waals surface area contributed by atoms with Crippen LogP contribution in [0.15, 0.2) is 124 Å². The van der Waals surface area contributed by atoms with E-state index in [1.807, 2.05) is 57.5 Å². The first-order valence-electron chi connectivity index (χ1n) is 44.0. The molecule has 744 valence electrons. The van der Waals surface area contributed by atoms with Crippen molar-refractivity contribution in [1.82, 2.24) is 39.8 Å². The number of fused-ring (bicyclic) bond motifs is 3. The van der Waals surface area contributed by atoms with E-state index < -0.39 is 101 Å². The Bertz CT molecular complexity index is 5110. The van der Waals surface area contributed by atoms with Crippen molar-refractivity contribution in [3.63, 3.8) is 0 Å². The number of carbonyl (C=O) groups excluding carboxylic acids is 8. The maximum absolute atomic E-state index is 13.3. The molecule has 7 atom stereocenters. The monoisotopic (exact) mass is 2060 g/mol. The van der Waals surface area contributed by atoms with E-state index in [0.29, 0.717) is 101 Å². The summed E-state index contributed by atoms with van der Waals surface area (Å²) in [5.74, 6) is -8.62. The molecule has 0 saturated carbocycles. The molecule has 135 heavy (non-hydrogen) atoms. The summed E-state index contributed by atoms with van der Waals surface area (Å²) >= 11 is 38.4. The zero-order valence-electron chi connectivity index (χ0n) is 76.0. The molecule has 7 unspecified atom stereocenters. The molecule has 0 radical (unpaired) electrons. The van der Waals surface area contributed by atoms with Crippen LogP contribution in [-0.4, -0.2) is 318 Å². The van der Waals surface area contributed by atoms with Gasteiger partial charge in [-0.05, 0) is 183 Å². The predicted octanol–water partition coefficient (Wildman–Crippen LogP) is 7.85. The standard InChI is InChI=1S/C50H62Cl4N4O12S2.C23H30Cl2N2O4S.C12H12N2O10.C6H15N/c1-57-29-41(39-25-35(51)27-45(53)43(39)31-57)33-7-3-9-37(23-33)71(63,64)22-6-15-68-19-20-69-16-12-55-50(62)49(61)48(60)47(59)11-5-14-67-18-21-70-17-13-56-72(65,66)38-10-4-8-34(24-38)42-30-58(2)32-44-40(42)26-36(52)28-46(44)54;1-27-15-21(20-13-18(24)14-23(25)22(20)16-27)17-4-2-5-19(12-17)32(28,29)11-3-7-30-9-10-31-8-6-26;15-5-1-2-6(16)13(5)23-11(21)9(19)10(20)12(22)24-14-7(17)3-4-8(14)18;1-4-7(5-2)6-3/h3-4,7-10,23-28,41-42,48-49,56,60-61H,5-6,11-22,29-32H2,1-2H3,(H,55,62);2,4-5,12-14,21H,3,6-11,15-16,26H2,1H3;9-10,19-20H,1-4H2;4-6H2,1-3H3. The van der Waals surface area contributed by atoms with Crippen LogP contribution in [0, 0.1) is 0 Å². The second-order valence-electron chi connectivity index (χ2n) is 32.3. The highest BCUT2D eigenvalue weighted by atomic mass is 35.5. The molecular weight excluding hydrogens is 1940 g/mol. The fraction of sp³-hybridized carbons (Fsp3) is 0.516. The summed E-state index contributed by atoms with van der Waals surface area (Å²) in [4.78, 5) is 111. The van der Waals surface area contributed by atoms with Gasteiger partial charge in [-0.15, -0.1) is 10.1 Å². The van der Waals surface area contributed by atoms with Crippen LogP contribution >= 0.6 is 69.6 Å². The minimum Gasteiger partial charge on any atom is -0.382 e. The number of hydrogen-bond donors (Lipinski definition) is 7. The number of rotatable bonds is 47. The van der Waals surface area contributed by atoms with E-state index in [-0.39, 0.29) is 160 Å². The minimum absolute atomic E-state index is 0.00626. The lowest BCUT2D eigenvalue weighted by molar-refractivity contribution is -0.216. The fourth-order valence-electron chi connectivity index (χ4n) is 15.2. The van der Waals surface area contributed by atoms with Crippen molar-refractivity contribution < 1.29 is 122 Å². The molecule has 0 aromatic heterocycles. The van der Waals surface area contributed by atoms with Gasteiger partial charge in [0, 0.05) is 159 Å². The van der Waals surface area contributed by atoms with Gasteiger partial charge in [0.05, 0.1) is 85.7 Å². The highest BCUT2D eigenvalue weighted by Crippen LogP contribution is 2.43. The number of hydrogen-bond acceptors (Lipinski definition) is 31. The average Bonchev–Trinajstić information content (AvgIpc) is 0.875. The normalized spacial score (nSPS) is 17.4. The summed E-state index contributed by atoms with van der Waals surface area (Å²) in [5.41, 5.74) is 14.0. The highest BCUT2D eigenvalue weighted by Gasteiger charge is 2.43. The van der Waals surface area contributed by atoms with Gasteiger partial charge >= 0.3 is 11.9 Å². The molecule has 11 rings (SSSR count). The number of carbonyl (C=O) groups is 8. The molecule has 5 aliphatic heterocycles. The number of halogens is 6. The summed E-state index contributed by atoms with van der Waals surface area (Å²) in [6, 6.07) is 31.9. The number of nitrogens with zero attached hydrogens (tertiary/aromatic N) is 6.